The van der Waals surface area contributed by atoms with Gasteiger partial charge in [-0.3, -0.25) is 0 Å². The van der Waals surface area contributed by atoms with E-state index in [9.17, 15) is 0 Å². The molecule has 0 saturated heterocycles. The van der Waals surface area contributed by atoms with Crippen molar-refractivity contribution in [3.8, 4) is 0 Å². The number of hydrogen-bond acceptors (Lipinski definition) is 2. The lowest BCUT2D eigenvalue weighted by molar-refractivity contribution is 0.0151. The normalized spacial score (nSPS) is 16.0. The molecule has 2 nitrogen and oxygen atoms in total. The molecule has 0 heterocycles. The van der Waals surface area contributed by atoms with Gasteiger partial charge in [0.2, 0.25) is 0 Å². The van der Waals surface area contributed by atoms with Crippen molar-refractivity contribution in [3.05, 3.63) is 0 Å². The van der Waals surface area contributed by atoms with E-state index in [1.165, 1.54) is 0 Å². The van der Waals surface area contributed by atoms with Gasteiger partial charge in [-0.1, -0.05) is 13.3 Å². The van der Waals surface area contributed by atoms with Gasteiger partial charge in [-0.2, -0.15) is 0 Å². The van der Waals surface area contributed by atoms with Gasteiger partial charge in [-0.15, -0.1) is 11.6 Å². The molecular weight excluding hydrogens is 176 g/mol. The van der Waals surface area contributed by atoms with Gasteiger partial charge < -0.3 is 9.47 Å². The van der Waals surface area contributed by atoms with E-state index in [-0.39, 0.29) is 6.10 Å². The Hall–Kier alpha value is 0.210. The molecule has 0 spiro atoms. The first-order chi connectivity index (χ1) is 5.78. The van der Waals surface area contributed by atoms with Crippen molar-refractivity contribution in [1.82, 2.24) is 0 Å². The largest absolute Gasteiger partial charge is 0.382 e. The lowest BCUT2D eigenvalue weighted by Gasteiger charge is -2.19. The smallest absolute Gasteiger partial charge is 0.0807 e. The summed E-state index contributed by atoms with van der Waals surface area (Å²) in [5.41, 5.74) is 0. The van der Waals surface area contributed by atoms with Crippen LogP contribution in [0.3, 0.4) is 0 Å². The van der Waals surface area contributed by atoms with E-state index < -0.39 is 0 Å². The number of ether oxygens (including phenoxy) is 2. The van der Waals surface area contributed by atoms with Crippen LogP contribution in [0.15, 0.2) is 0 Å². The molecule has 74 valence electrons. The Kier molecular flexibility index (Phi) is 7.98. The highest BCUT2D eigenvalue weighted by molar-refractivity contribution is 6.18. The third-order valence-electron chi connectivity index (χ3n) is 2.08. The van der Waals surface area contributed by atoms with Gasteiger partial charge in [0.15, 0.2) is 0 Å². The highest BCUT2D eigenvalue weighted by atomic mass is 35.5. The Morgan fingerprint density at radius 1 is 1.33 bits per heavy atom. The van der Waals surface area contributed by atoms with E-state index in [0.29, 0.717) is 18.4 Å². The Labute approximate surface area is 80.2 Å². The fraction of sp³-hybridized carbons (Fsp3) is 1.00. The van der Waals surface area contributed by atoms with Crippen LogP contribution in [0.1, 0.15) is 19.8 Å². The number of hydrogen-bond donors (Lipinski definition) is 0. The molecule has 0 aliphatic rings. The van der Waals surface area contributed by atoms with Crippen LogP contribution in [0.4, 0.5) is 0 Å². The Balaban J connectivity index is 3.65. The van der Waals surface area contributed by atoms with Gasteiger partial charge in [-0.05, 0) is 12.3 Å². The number of rotatable bonds is 7. The average molecular weight is 195 g/mol. The molecule has 0 amide bonds. The van der Waals surface area contributed by atoms with Crippen LogP contribution in [-0.2, 0) is 9.47 Å². The molecular formula is C9H19ClO2. The summed E-state index contributed by atoms with van der Waals surface area (Å²) in [5.74, 6) is 1.26. The molecule has 0 rings (SSSR count). The first-order valence-corrected chi connectivity index (χ1v) is 4.89. The van der Waals surface area contributed by atoms with E-state index in [2.05, 4.69) is 6.92 Å². The van der Waals surface area contributed by atoms with Gasteiger partial charge in [0.25, 0.3) is 0 Å². The predicted molar refractivity (Wildman–Crippen MR) is 51.8 cm³/mol. The monoisotopic (exact) mass is 194 g/mol. The Morgan fingerprint density at radius 3 is 2.33 bits per heavy atom. The molecule has 0 fully saturated rings. The Morgan fingerprint density at radius 2 is 2.00 bits per heavy atom. The zero-order valence-corrected chi connectivity index (χ0v) is 8.93. The van der Waals surface area contributed by atoms with Crippen LogP contribution >= 0.6 is 11.6 Å². The third-order valence-corrected chi connectivity index (χ3v) is 2.51. The number of alkyl halides is 1. The minimum atomic E-state index is 0.193. The molecule has 0 saturated carbocycles. The second kappa shape index (κ2) is 7.84. The minimum absolute atomic E-state index is 0.193. The average Bonchev–Trinajstić information content (AvgIpc) is 2.12. The molecule has 0 aromatic heterocycles. The van der Waals surface area contributed by atoms with Crippen LogP contribution in [0.5, 0.6) is 0 Å². The van der Waals surface area contributed by atoms with Gasteiger partial charge in [0.05, 0.1) is 12.7 Å². The van der Waals surface area contributed by atoms with Gasteiger partial charge in [0.1, 0.15) is 0 Å². The first kappa shape index (κ1) is 12.2. The van der Waals surface area contributed by atoms with Gasteiger partial charge >= 0.3 is 0 Å². The quantitative estimate of drug-likeness (QED) is 0.579. The molecule has 3 heteroatoms. The molecule has 0 radical (unpaired) electrons. The van der Waals surface area contributed by atoms with E-state index in [1.54, 1.807) is 14.2 Å². The van der Waals surface area contributed by atoms with E-state index in [4.69, 9.17) is 21.1 Å². The molecule has 0 aromatic carbocycles. The summed E-state index contributed by atoms with van der Waals surface area (Å²) >= 11 is 5.77. The Bertz CT molecular complexity index is 94.5. The van der Waals surface area contributed by atoms with Crippen LogP contribution in [-0.4, -0.2) is 32.8 Å². The maximum Gasteiger partial charge on any atom is 0.0807 e. The fourth-order valence-electron chi connectivity index (χ4n) is 1.13. The number of halogens is 1. The molecule has 0 N–H and O–H groups in total. The van der Waals surface area contributed by atoms with Crippen molar-refractivity contribution in [3.63, 3.8) is 0 Å². The van der Waals surface area contributed by atoms with Gasteiger partial charge in [-0.25, -0.2) is 0 Å². The fourth-order valence-corrected chi connectivity index (χ4v) is 1.47. The summed E-state index contributed by atoms with van der Waals surface area (Å²) in [6, 6.07) is 0. The topological polar surface area (TPSA) is 18.5 Å². The lowest BCUT2D eigenvalue weighted by atomic mass is 10.0. The molecule has 0 aromatic rings. The highest BCUT2D eigenvalue weighted by Crippen LogP contribution is 2.14. The van der Waals surface area contributed by atoms with Crippen molar-refractivity contribution < 1.29 is 9.47 Å². The molecule has 2 atom stereocenters. The van der Waals surface area contributed by atoms with E-state index in [0.717, 1.165) is 12.8 Å². The zero-order chi connectivity index (χ0) is 9.40. The molecule has 0 bridgehead atoms. The highest BCUT2D eigenvalue weighted by Gasteiger charge is 2.13. The van der Waals surface area contributed by atoms with E-state index in [1.807, 2.05) is 0 Å². The predicted octanol–water partition coefficient (Wildman–Crippen LogP) is 2.30. The first-order valence-electron chi connectivity index (χ1n) is 4.36. The third kappa shape index (κ3) is 4.96. The maximum absolute atomic E-state index is 5.77. The standard InChI is InChI=1S/C9H19ClO2/c1-4-8(6-10)5-9(12-3)7-11-2/h8-9H,4-7H2,1-3H3. The molecule has 2 unspecified atom stereocenters. The van der Waals surface area contributed by atoms with Crippen LogP contribution in [0.2, 0.25) is 0 Å². The van der Waals surface area contributed by atoms with Crippen LogP contribution in [0.25, 0.3) is 0 Å². The summed E-state index contributed by atoms with van der Waals surface area (Å²) in [5, 5.41) is 0. The number of methoxy groups -OCH3 is 2. The maximum atomic E-state index is 5.77. The summed E-state index contributed by atoms with van der Waals surface area (Å²) in [7, 11) is 3.40. The summed E-state index contributed by atoms with van der Waals surface area (Å²) < 4.78 is 10.3. The summed E-state index contributed by atoms with van der Waals surface area (Å²) in [4.78, 5) is 0. The second-order valence-corrected chi connectivity index (χ2v) is 3.29. The second-order valence-electron chi connectivity index (χ2n) is 2.98. The summed E-state index contributed by atoms with van der Waals surface area (Å²) in [6.07, 6.45) is 2.29. The van der Waals surface area contributed by atoms with E-state index >= 15 is 0 Å². The van der Waals surface area contributed by atoms with Crippen molar-refractivity contribution >= 4 is 11.6 Å². The molecule has 0 aliphatic heterocycles. The minimum Gasteiger partial charge on any atom is -0.382 e. The molecule has 0 aliphatic carbocycles. The van der Waals surface area contributed by atoms with Gasteiger partial charge in [0, 0.05) is 20.1 Å². The zero-order valence-electron chi connectivity index (χ0n) is 8.18. The summed E-state index contributed by atoms with van der Waals surface area (Å²) in [6.45, 7) is 2.80. The lowest BCUT2D eigenvalue weighted by Crippen LogP contribution is -2.21. The van der Waals surface area contributed by atoms with Crippen molar-refractivity contribution in [2.75, 3.05) is 26.7 Å². The van der Waals surface area contributed by atoms with Crippen molar-refractivity contribution in [2.45, 2.75) is 25.9 Å². The van der Waals surface area contributed by atoms with Crippen molar-refractivity contribution in [1.29, 1.82) is 0 Å². The van der Waals surface area contributed by atoms with Crippen LogP contribution in [0, 0.1) is 5.92 Å². The SMILES string of the molecule is CCC(CCl)CC(COC)OC. The molecule has 12 heavy (non-hydrogen) atoms. The van der Waals surface area contributed by atoms with Crippen LogP contribution < -0.4 is 0 Å². The van der Waals surface area contributed by atoms with Crippen molar-refractivity contribution in [2.24, 2.45) is 5.92 Å².